The molecule has 0 fully saturated rings. The molecule has 9 heteroatoms. The molecular weight excluding hydrogens is 386 g/mol. The number of nitrogens with zero attached hydrogens (tertiary/aromatic N) is 3. The third kappa shape index (κ3) is 3.76. The first-order chi connectivity index (χ1) is 12.6. The van der Waals surface area contributed by atoms with Gasteiger partial charge < -0.3 is 4.57 Å². The van der Waals surface area contributed by atoms with Gasteiger partial charge in [0.1, 0.15) is 5.82 Å². The summed E-state index contributed by atoms with van der Waals surface area (Å²) in [5.41, 5.74) is 1.75. The van der Waals surface area contributed by atoms with Crippen LogP contribution in [-0.2, 0) is 33.0 Å². The maximum absolute atomic E-state index is 12.9. The van der Waals surface area contributed by atoms with Gasteiger partial charge in [0.25, 0.3) is 0 Å². The number of aromatic nitrogens is 2. The van der Waals surface area contributed by atoms with Crippen LogP contribution in [0.4, 0.5) is 0 Å². The lowest BCUT2D eigenvalue weighted by Gasteiger charge is -2.18. The summed E-state index contributed by atoms with van der Waals surface area (Å²) in [4.78, 5) is 4.46. The second-order valence-electron chi connectivity index (χ2n) is 6.27. The van der Waals surface area contributed by atoms with Crippen molar-refractivity contribution >= 4 is 30.9 Å². The fraction of sp³-hybridized carbons (Fsp3) is 0.278. The third-order valence-corrected chi connectivity index (χ3v) is 7.27. The van der Waals surface area contributed by atoms with Gasteiger partial charge in [0, 0.05) is 19.8 Å². The molecule has 0 spiro atoms. The van der Waals surface area contributed by atoms with Crippen molar-refractivity contribution in [1.82, 2.24) is 13.9 Å². The number of benzene rings is 2. The van der Waals surface area contributed by atoms with Crippen molar-refractivity contribution in [3.8, 4) is 0 Å². The van der Waals surface area contributed by atoms with E-state index in [1.54, 1.807) is 0 Å². The molecule has 1 aromatic heterocycles. The van der Waals surface area contributed by atoms with E-state index in [9.17, 15) is 16.8 Å². The number of hydrogen-bond acceptors (Lipinski definition) is 5. The average molecular weight is 408 g/mol. The van der Waals surface area contributed by atoms with Crippen LogP contribution in [0.15, 0.2) is 58.3 Å². The maximum Gasteiger partial charge on any atom is 0.243 e. The van der Waals surface area contributed by atoms with Gasteiger partial charge in [0.05, 0.1) is 27.4 Å². The van der Waals surface area contributed by atoms with E-state index in [0.717, 1.165) is 17.3 Å². The van der Waals surface area contributed by atoms with Crippen LogP contribution in [-0.4, -0.2) is 44.0 Å². The third-order valence-electron chi connectivity index (χ3n) is 4.36. The van der Waals surface area contributed by atoms with Gasteiger partial charge >= 0.3 is 0 Å². The molecule has 1 heterocycles. The predicted octanol–water partition coefficient (Wildman–Crippen LogP) is 2.28. The van der Waals surface area contributed by atoms with Crippen molar-refractivity contribution in [2.24, 2.45) is 0 Å². The molecule has 0 radical (unpaired) electrons. The Morgan fingerprint density at radius 2 is 1.67 bits per heavy atom. The molecular formula is C18H21N3O4S2. The van der Waals surface area contributed by atoms with Crippen LogP contribution in [0.25, 0.3) is 11.0 Å². The highest BCUT2D eigenvalue weighted by Crippen LogP contribution is 2.22. The van der Waals surface area contributed by atoms with Gasteiger partial charge in [0.2, 0.25) is 10.0 Å². The van der Waals surface area contributed by atoms with Gasteiger partial charge in [-0.1, -0.05) is 18.2 Å². The molecule has 3 rings (SSSR count). The lowest BCUT2D eigenvalue weighted by atomic mass is 10.3. The van der Waals surface area contributed by atoms with E-state index in [1.165, 1.54) is 35.6 Å². The van der Waals surface area contributed by atoms with Crippen LogP contribution in [0, 0.1) is 0 Å². The molecule has 0 saturated carbocycles. The molecule has 0 aliphatic carbocycles. The summed E-state index contributed by atoms with van der Waals surface area (Å²) < 4.78 is 52.5. The SMILES string of the molecule is CCn1c(CN(C)S(=O)(=O)c2cccc(S(C)(=O)=O)c2)nc2ccccc21. The van der Waals surface area contributed by atoms with E-state index in [0.29, 0.717) is 12.4 Å². The highest BCUT2D eigenvalue weighted by atomic mass is 32.2. The molecule has 0 unspecified atom stereocenters. The zero-order valence-corrected chi connectivity index (χ0v) is 17.0. The van der Waals surface area contributed by atoms with Gasteiger partial charge in [-0.15, -0.1) is 0 Å². The molecule has 144 valence electrons. The number of sulfonamides is 1. The molecule has 27 heavy (non-hydrogen) atoms. The number of sulfone groups is 1. The summed E-state index contributed by atoms with van der Waals surface area (Å²) in [6.45, 7) is 2.71. The van der Waals surface area contributed by atoms with Crippen LogP contribution < -0.4 is 0 Å². The van der Waals surface area contributed by atoms with Crippen molar-refractivity contribution in [2.45, 2.75) is 29.8 Å². The van der Waals surface area contributed by atoms with Gasteiger partial charge in [-0.25, -0.2) is 21.8 Å². The molecule has 0 saturated heterocycles. The fourth-order valence-corrected chi connectivity index (χ4v) is 4.84. The van der Waals surface area contributed by atoms with Gasteiger partial charge in [-0.05, 0) is 37.3 Å². The smallest absolute Gasteiger partial charge is 0.243 e. The lowest BCUT2D eigenvalue weighted by molar-refractivity contribution is 0.448. The van der Waals surface area contributed by atoms with Crippen molar-refractivity contribution in [3.63, 3.8) is 0 Å². The summed E-state index contributed by atoms with van der Waals surface area (Å²) in [7, 11) is -5.90. The first-order valence-electron chi connectivity index (χ1n) is 8.35. The van der Waals surface area contributed by atoms with Gasteiger partial charge in [-0.3, -0.25) is 0 Å². The number of imidazole rings is 1. The van der Waals surface area contributed by atoms with Crippen LogP contribution in [0.1, 0.15) is 12.7 Å². The summed E-state index contributed by atoms with van der Waals surface area (Å²) in [6.07, 6.45) is 1.05. The van der Waals surface area contributed by atoms with Gasteiger partial charge in [-0.2, -0.15) is 4.31 Å². The van der Waals surface area contributed by atoms with Crippen LogP contribution in [0.5, 0.6) is 0 Å². The molecule has 0 N–H and O–H groups in total. The number of hydrogen-bond donors (Lipinski definition) is 0. The Balaban J connectivity index is 1.98. The minimum Gasteiger partial charge on any atom is -0.327 e. The second kappa shape index (κ2) is 7.06. The van der Waals surface area contributed by atoms with Gasteiger partial charge in [0.15, 0.2) is 9.84 Å². The highest BCUT2D eigenvalue weighted by molar-refractivity contribution is 7.91. The molecule has 0 amide bonds. The summed E-state index contributed by atoms with van der Waals surface area (Å²) in [5.74, 6) is 0.629. The van der Waals surface area contributed by atoms with E-state index in [-0.39, 0.29) is 16.3 Å². The molecule has 3 aromatic rings. The summed E-state index contributed by atoms with van der Waals surface area (Å²) in [6, 6.07) is 13.0. The fourth-order valence-electron chi connectivity index (χ4n) is 2.93. The monoisotopic (exact) mass is 407 g/mol. The Hall–Kier alpha value is -2.23. The van der Waals surface area contributed by atoms with Crippen LogP contribution >= 0.6 is 0 Å². The van der Waals surface area contributed by atoms with Crippen LogP contribution in [0.2, 0.25) is 0 Å². The Labute approximate surface area is 159 Å². The Kier molecular flexibility index (Phi) is 5.11. The molecule has 0 bridgehead atoms. The molecule has 0 atom stereocenters. The van der Waals surface area contributed by atoms with E-state index >= 15 is 0 Å². The topological polar surface area (TPSA) is 89.3 Å². The summed E-state index contributed by atoms with van der Waals surface area (Å²) in [5, 5.41) is 0. The standard InChI is InChI=1S/C18H21N3O4S2/c1-4-21-17-11-6-5-10-16(17)19-18(21)13-20(2)27(24,25)15-9-7-8-14(12-15)26(3,22)23/h5-12H,4,13H2,1-3H3. The Bertz CT molecular complexity index is 1200. The van der Waals surface area contributed by atoms with Crippen molar-refractivity contribution in [3.05, 3.63) is 54.4 Å². The number of para-hydroxylation sites is 2. The maximum atomic E-state index is 12.9. The average Bonchev–Trinajstić information content (AvgIpc) is 2.98. The van der Waals surface area contributed by atoms with Crippen molar-refractivity contribution < 1.29 is 16.8 Å². The minimum atomic E-state index is -3.87. The summed E-state index contributed by atoms with van der Waals surface area (Å²) >= 11 is 0. The predicted molar refractivity (Wildman–Crippen MR) is 104 cm³/mol. The first-order valence-corrected chi connectivity index (χ1v) is 11.7. The second-order valence-corrected chi connectivity index (χ2v) is 10.3. The normalized spacial score (nSPS) is 12.7. The Morgan fingerprint density at radius 1 is 1.00 bits per heavy atom. The lowest BCUT2D eigenvalue weighted by Crippen LogP contribution is -2.28. The largest absolute Gasteiger partial charge is 0.327 e. The molecule has 0 aliphatic rings. The minimum absolute atomic E-state index is 0.0298. The quantitative estimate of drug-likeness (QED) is 0.625. The zero-order chi connectivity index (χ0) is 19.8. The first kappa shape index (κ1) is 19.5. The van der Waals surface area contributed by atoms with E-state index in [4.69, 9.17) is 0 Å². The van der Waals surface area contributed by atoms with Crippen molar-refractivity contribution in [2.75, 3.05) is 13.3 Å². The van der Waals surface area contributed by atoms with E-state index in [1.807, 2.05) is 35.8 Å². The zero-order valence-electron chi connectivity index (χ0n) is 15.3. The molecule has 7 nitrogen and oxygen atoms in total. The van der Waals surface area contributed by atoms with Crippen LogP contribution in [0.3, 0.4) is 0 Å². The van der Waals surface area contributed by atoms with E-state index in [2.05, 4.69) is 4.98 Å². The highest BCUT2D eigenvalue weighted by Gasteiger charge is 2.24. The number of aryl methyl sites for hydroxylation is 1. The Morgan fingerprint density at radius 3 is 2.33 bits per heavy atom. The number of fused-ring (bicyclic) bond motifs is 1. The van der Waals surface area contributed by atoms with E-state index < -0.39 is 19.9 Å². The van der Waals surface area contributed by atoms with Crippen molar-refractivity contribution in [1.29, 1.82) is 0 Å². The molecule has 0 aliphatic heterocycles. The molecule has 2 aromatic carbocycles. The number of rotatable bonds is 6.